The smallest absolute Gasteiger partial charge is 0.0766 e. The van der Waals surface area contributed by atoms with Gasteiger partial charge in [-0.2, -0.15) is 0 Å². The Morgan fingerprint density at radius 3 is 0.957 bits per heavy atom. The Balaban J connectivity index is -0.00000200. The molecule has 0 unspecified atom stereocenters. The zero-order valence-corrected chi connectivity index (χ0v) is 17.8. The molecule has 0 aliphatic carbocycles. The van der Waals surface area contributed by atoms with Crippen LogP contribution in [0, 0.1) is 0 Å². The molecule has 3 heteroatoms. The lowest BCUT2D eigenvalue weighted by molar-refractivity contribution is -0.858. The molecule has 0 rings (SSSR count). The highest BCUT2D eigenvalue weighted by Gasteiger charge is 1.96. The van der Waals surface area contributed by atoms with Crippen LogP contribution in [0.15, 0.2) is 0 Å². The second kappa shape index (κ2) is 24.8. The molecule has 0 bridgehead atoms. The van der Waals surface area contributed by atoms with Crippen LogP contribution in [-0.2, 0) is 0 Å². The molecular formula is C20H44Cl2N-. The maximum atomic E-state index is 2.30. The standard InChI is InChI=1S/C20H43N.2ClH/c1-4-5-6-7-8-9-10-11-12-13-14-15-16-17-18-19-20-21(2)3;;/h4-20H2,1-3H3;2*1H/p-1. The molecule has 0 spiro atoms. The summed E-state index contributed by atoms with van der Waals surface area (Å²) in [6.07, 6.45) is 23.4. The van der Waals surface area contributed by atoms with E-state index in [1.165, 1.54) is 109 Å². The minimum absolute atomic E-state index is 0. The van der Waals surface area contributed by atoms with Gasteiger partial charge in [0.05, 0.1) is 20.6 Å². The lowest BCUT2D eigenvalue weighted by atomic mass is 10.0. The first-order valence-corrected chi connectivity index (χ1v) is 10.1. The first-order chi connectivity index (χ1) is 10.3. The number of halogens is 2. The second-order valence-electron chi connectivity index (χ2n) is 7.26. The third-order valence-corrected chi connectivity index (χ3v) is 4.53. The van der Waals surface area contributed by atoms with Gasteiger partial charge in [0.1, 0.15) is 0 Å². The van der Waals surface area contributed by atoms with E-state index in [0.717, 1.165) is 0 Å². The average molecular weight is 369 g/mol. The summed E-state index contributed by atoms with van der Waals surface area (Å²) in [4.78, 5) is 1.60. The van der Waals surface area contributed by atoms with Gasteiger partial charge in [-0.3, -0.25) is 0 Å². The fraction of sp³-hybridized carbons (Fsp3) is 1.00. The van der Waals surface area contributed by atoms with Gasteiger partial charge in [0.25, 0.3) is 0 Å². The van der Waals surface area contributed by atoms with Crippen molar-refractivity contribution >= 4 is 0 Å². The van der Waals surface area contributed by atoms with Crippen LogP contribution in [0.25, 0.3) is 0 Å². The van der Waals surface area contributed by atoms with Crippen LogP contribution in [0.5, 0.6) is 0 Å². The van der Waals surface area contributed by atoms with Crippen molar-refractivity contribution in [2.24, 2.45) is 0 Å². The number of quaternary nitrogens is 1. The molecule has 0 aromatic rings. The summed E-state index contributed by atoms with van der Waals surface area (Å²) in [6.45, 7) is 3.64. The van der Waals surface area contributed by atoms with Crippen LogP contribution in [0.2, 0.25) is 0 Å². The van der Waals surface area contributed by atoms with E-state index in [1.54, 1.807) is 4.90 Å². The van der Waals surface area contributed by atoms with E-state index in [9.17, 15) is 0 Å². The molecule has 0 aromatic carbocycles. The molecule has 0 amide bonds. The predicted octanol–water partition coefficient (Wildman–Crippen LogP) is -0.600. The minimum Gasteiger partial charge on any atom is -1.00 e. The van der Waals surface area contributed by atoms with Crippen LogP contribution in [0.1, 0.15) is 110 Å². The van der Waals surface area contributed by atoms with Crippen molar-refractivity contribution in [2.45, 2.75) is 110 Å². The molecule has 0 heterocycles. The van der Waals surface area contributed by atoms with E-state index in [-0.39, 0.29) is 24.8 Å². The molecule has 0 fully saturated rings. The summed E-state index contributed by atoms with van der Waals surface area (Å²) in [5.41, 5.74) is 0. The third kappa shape index (κ3) is 27.7. The molecule has 1 nitrogen and oxygen atoms in total. The molecule has 144 valence electrons. The number of nitrogens with one attached hydrogen (secondary N) is 1. The predicted molar refractivity (Wildman–Crippen MR) is 97.2 cm³/mol. The van der Waals surface area contributed by atoms with Gasteiger partial charge in [0.15, 0.2) is 0 Å². The van der Waals surface area contributed by atoms with Crippen molar-refractivity contribution in [1.29, 1.82) is 0 Å². The van der Waals surface area contributed by atoms with Gasteiger partial charge >= 0.3 is 0 Å². The van der Waals surface area contributed by atoms with Gasteiger partial charge < -0.3 is 29.7 Å². The van der Waals surface area contributed by atoms with Crippen molar-refractivity contribution in [3.05, 3.63) is 0 Å². The van der Waals surface area contributed by atoms with Gasteiger partial charge in [-0.15, -0.1) is 0 Å². The number of hydrogen-bond donors (Lipinski definition) is 1. The fourth-order valence-corrected chi connectivity index (χ4v) is 3.03. The van der Waals surface area contributed by atoms with Crippen molar-refractivity contribution in [1.82, 2.24) is 0 Å². The highest BCUT2D eigenvalue weighted by molar-refractivity contribution is 4.49. The van der Waals surface area contributed by atoms with Crippen molar-refractivity contribution in [3.8, 4) is 0 Å². The molecule has 0 atom stereocenters. The first kappa shape index (κ1) is 28.3. The van der Waals surface area contributed by atoms with Crippen LogP contribution >= 0.6 is 0 Å². The third-order valence-electron chi connectivity index (χ3n) is 4.53. The summed E-state index contributed by atoms with van der Waals surface area (Å²) in [5.74, 6) is 0. The van der Waals surface area contributed by atoms with Crippen molar-refractivity contribution < 1.29 is 29.7 Å². The molecule has 0 aromatic heterocycles. The quantitative estimate of drug-likeness (QED) is 0.327. The van der Waals surface area contributed by atoms with Crippen molar-refractivity contribution in [3.63, 3.8) is 0 Å². The topological polar surface area (TPSA) is 4.44 Å². The average Bonchev–Trinajstić information content (AvgIpc) is 2.46. The second-order valence-corrected chi connectivity index (χ2v) is 7.26. The van der Waals surface area contributed by atoms with Crippen LogP contribution < -0.4 is 29.7 Å². The normalized spacial score (nSPS) is 10.4. The van der Waals surface area contributed by atoms with E-state index in [1.807, 2.05) is 0 Å². The summed E-state index contributed by atoms with van der Waals surface area (Å²) in [7, 11) is 4.51. The SMILES string of the molecule is CCCCCCCCCCCCCCCCCC[NH+](C)C.[Cl-].[Cl-]. The number of rotatable bonds is 17. The van der Waals surface area contributed by atoms with Crippen molar-refractivity contribution in [2.75, 3.05) is 20.6 Å². The summed E-state index contributed by atoms with van der Waals surface area (Å²) >= 11 is 0. The Morgan fingerprint density at radius 1 is 0.435 bits per heavy atom. The summed E-state index contributed by atoms with van der Waals surface area (Å²) in [5, 5.41) is 0. The van der Waals surface area contributed by atoms with E-state index in [4.69, 9.17) is 0 Å². The summed E-state index contributed by atoms with van der Waals surface area (Å²) in [6, 6.07) is 0. The van der Waals surface area contributed by atoms with E-state index < -0.39 is 0 Å². The number of unbranched alkanes of at least 4 members (excludes halogenated alkanes) is 15. The van der Waals surface area contributed by atoms with E-state index in [0.29, 0.717) is 0 Å². The molecule has 0 radical (unpaired) electrons. The van der Waals surface area contributed by atoms with Gasteiger partial charge in [-0.25, -0.2) is 0 Å². The lowest BCUT2D eigenvalue weighted by Crippen LogP contribution is -3.05. The Morgan fingerprint density at radius 2 is 0.696 bits per heavy atom. The highest BCUT2D eigenvalue weighted by Crippen LogP contribution is 2.13. The molecular weight excluding hydrogens is 325 g/mol. The largest absolute Gasteiger partial charge is 1.00 e. The maximum absolute atomic E-state index is 2.30. The zero-order valence-electron chi connectivity index (χ0n) is 16.3. The van der Waals surface area contributed by atoms with Gasteiger partial charge in [-0.05, 0) is 12.8 Å². The van der Waals surface area contributed by atoms with Gasteiger partial charge in [-0.1, -0.05) is 96.8 Å². The Bertz CT molecular complexity index is 186. The monoisotopic (exact) mass is 368 g/mol. The van der Waals surface area contributed by atoms with Crippen LogP contribution in [0.4, 0.5) is 0 Å². The summed E-state index contributed by atoms with van der Waals surface area (Å²) < 4.78 is 0. The minimum atomic E-state index is 0. The Hall–Kier alpha value is 0.540. The van der Waals surface area contributed by atoms with Gasteiger partial charge in [0, 0.05) is 0 Å². The lowest BCUT2D eigenvalue weighted by Gasteiger charge is -2.06. The highest BCUT2D eigenvalue weighted by atomic mass is 35.5. The molecule has 23 heavy (non-hydrogen) atoms. The molecule has 0 saturated heterocycles. The molecule has 0 saturated carbocycles. The van der Waals surface area contributed by atoms with Crippen LogP contribution in [0.3, 0.4) is 0 Å². The molecule has 0 aliphatic heterocycles. The van der Waals surface area contributed by atoms with Gasteiger partial charge in [0.2, 0.25) is 0 Å². The van der Waals surface area contributed by atoms with E-state index >= 15 is 0 Å². The zero-order chi connectivity index (χ0) is 15.6. The van der Waals surface area contributed by atoms with E-state index in [2.05, 4.69) is 21.0 Å². The molecule has 0 aliphatic rings. The Kier molecular flexibility index (Phi) is 30.6. The fourth-order valence-electron chi connectivity index (χ4n) is 3.03. The maximum Gasteiger partial charge on any atom is 0.0766 e. The first-order valence-electron chi connectivity index (χ1n) is 10.1. The molecule has 1 N–H and O–H groups in total. The van der Waals surface area contributed by atoms with Crippen LogP contribution in [-0.4, -0.2) is 20.6 Å². The Labute approximate surface area is 160 Å². The number of hydrogen-bond acceptors (Lipinski definition) is 0.